The minimum atomic E-state index is 0. The summed E-state index contributed by atoms with van der Waals surface area (Å²) in [5, 5.41) is 3.47. The third kappa shape index (κ3) is 3.87. The van der Waals surface area contributed by atoms with Crippen LogP contribution in [0.25, 0.3) is 0 Å². The maximum absolute atomic E-state index is 3.47. The van der Waals surface area contributed by atoms with Crippen LogP contribution in [0, 0.1) is 0 Å². The van der Waals surface area contributed by atoms with Gasteiger partial charge in [-0.05, 0) is 61.4 Å². The molecule has 0 saturated heterocycles. The molecule has 1 aliphatic rings. The molecule has 0 radical (unpaired) electrons. The van der Waals surface area contributed by atoms with E-state index in [4.69, 9.17) is 0 Å². The van der Waals surface area contributed by atoms with Crippen LogP contribution in [0.5, 0.6) is 0 Å². The largest absolute Gasteiger partial charge is 0.313 e. The second kappa shape index (κ2) is 7.63. The van der Waals surface area contributed by atoms with Crippen molar-refractivity contribution in [1.29, 1.82) is 0 Å². The van der Waals surface area contributed by atoms with E-state index in [1.165, 1.54) is 36.8 Å². The first-order chi connectivity index (χ1) is 9.86. The highest BCUT2D eigenvalue weighted by atomic mass is 35.5. The lowest BCUT2D eigenvalue weighted by molar-refractivity contribution is 0.588. The lowest BCUT2D eigenvalue weighted by Crippen LogP contribution is -2.19. The maximum Gasteiger partial charge on any atom is 0.0358 e. The number of aryl methyl sites for hydroxylation is 2. The minimum absolute atomic E-state index is 0. The quantitative estimate of drug-likeness (QED) is 0.877. The van der Waals surface area contributed by atoms with Crippen LogP contribution in [0.2, 0.25) is 0 Å². The van der Waals surface area contributed by atoms with Gasteiger partial charge in [-0.15, -0.1) is 12.4 Å². The maximum atomic E-state index is 3.47. The van der Waals surface area contributed by atoms with Crippen molar-refractivity contribution in [2.24, 2.45) is 0 Å². The normalized spacial score (nSPS) is 14.9. The van der Waals surface area contributed by atoms with Gasteiger partial charge in [0.2, 0.25) is 0 Å². The molecule has 1 atom stereocenters. The standard InChI is InChI=1S/C19H23N.ClH/c1-20-19(13-15-7-3-2-4-8-15)18-12-11-16-9-5-6-10-17(16)14-18;/h2-4,7-8,11-12,14,19-20H,5-6,9-10,13H2,1H3;1H. The number of hydrogen-bond donors (Lipinski definition) is 1. The number of benzene rings is 2. The summed E-state index contributed by atoms with van der Waals surface area (Å²) in [6.45, 7) is 0. The van der Waals surface area contributed by atoms with Gasteiger partial charge in [-0.2, -0.15) is 0 Å². The van der Waals surface area contributed by atoms with Gasteiger partial charge in [-0.3, -0.25) is 0 Å². The summed E-state index contributed by atoms with van der Waals surface area (Å²) in [6, 6.07) is 18.2. The molecule has 0 aromatic heterocycles. The van der Waals surface area contributed by atoms with Gasteiger partial charge in [0.25, 0.3) is 0 Å². The second-order valence-corrected chi connectivity index (χ2v) is 5.77. The van der Waals surface area contributed by atoms with Crippen molar-refractivity contribution >= 4 is 12.4 Å². The number of fused-ring (bicyclic) bond motifs is 1. The first-order valence-corrected chi connectivity index (χ1v) is 7.69. The van der Waals surface area contributed by atoms with E-state index in [1.807, 2.05) is 0 Å². The van der Waals surface area contributed by atoms with Crippen molar-refractivity contribution in [1.82, 2.24) is 5.32 Å². The zero-order valence-corrected chi connectivity index (χ0v) is 13.5. The SMILES string of the molecule is CNC(Cc1ccccc1)c1ccc2c(c1)CCCC2.Cl. The molecular formula is C19H24ClN. The van der Waals surface area contributed by atoms with E-state index in [1.54, 1.807) is 11.1 Å². The summed E-state index contributed by atoms with van der Waals surface area (Å²) in [4.78, 5) is 0. The van der Waals surface area contributed by atoms with Crippen LogP contribution in [0.1, 0.15) is 41.1 Å². The fourth-order valence-electron chi connectivity index (χ4n) is 3.21. The van der Waals surface area contributed by atoms with E-state index in [2.05, 4.69) is 60.9 Å². The molecule has 0 aliphatic heterocycles. The predicted molar refractivity (Wildman–Crippen MR) is 92.3 cm³/mol. The summed E-state index contributed by atoms with van der Waals surface area (Å²) in [7, 11) is 2.06. The highest BCUT2D eigenvalue weighted by molar-refractivity contribution is 5.85. The Morgan fingerprint density at radius 3 is 2.38 bits per heavy atom. The Kier molecular flexibility index (Phi) is 5.84. The summed E-state index contributed by atoms with van der Waals surface area (Å²) < 4.78 is 0. The van der Waals surface area contributed by atoms with Crippen molar-refractivity contribution in [3.8, 4) is 0 Å². The molecular weight excluding hydrogens is 278 g/mol. The van der Waals surface area contributed by atoms with Crippen LogP contribution in [0.15, 0.2) is 48.5 Å². The van der Waals surface area contributed by atoms with Crippen LogP contribution in [-0.2, 0) is 19.3 Å². The Labute approximate surface area is 134 Å². The lowest BCUT2D eigenvalue weighted by atomic mass is 9.88. The van der Waals surface area contributed by atoms with E-state index in [9.17, 15) is 0 Å². The highest BCUT2D eigenvalue weighted by Crippen LogP contribution is 2.26. The molecule has 1 nitrogen and oxygen atoms in total. The summed E-state index contributed by atoms with van der Waals surface area (Å²) in [5.74, 6) is 0. The van der Waals surface area contributed by atoms with Crippen LogP contribution in [0.4, 0.5) is 0 Å². The zero-order valence-electron chi connectivity index (χ0n) is 12.6. The van der Waals surface area contributed by atoms with E-state index >= 15 is 0 Å². The Morgan fingerprint density at radius 1 is 0.952 bits per heavy atom. The van der Waals surface area contributed by atoms with Crippen molar-refractivity contribution in [2.75, 3.05) is 7.05 Å². The fourth-order valence-corrected chi connectivity index (χ4v) is 3.21. The average molecular weight is 302 g/mol. The number of halogens is 1. The molecule has 0 fully saturated rings. The zero-order chi connectivity index (χ0) is 13.8. The van der Waals surface area contributed by atoms with Gasteiger partial charge in [0.05, 0.1) is 0 Å². The van der Waals surface area contributed by atoms with Gasteiger partial charge in [0.1, 0.15) is 0 Å². The van der Waals surface area contributed by atoms with Crippen molar-refractivity contribution in [2.45, 2.75) is 38.1 Å². The molecule has 1 aliphatic carbocycles. The molecule has 2 heteroatoms. The Morgan fingerprint density at radius 2 is 1.67 bits per heavy atom. The number of nitrogens with one attached hydrogen (secondary N) is 1. The Bertz CT molecular complexity index is 565. The van der Waals surface area contributed by atoms with Gasteiger partial charge in [0, 0.05) is 6.04 Å². The monoisotopic (exact) mass is 301 g/mol. The first kappa shape index (κ1) is 16.1. The Hall–Kier alpha value is -1.31. The molecule has 21 heavy (non-hydrogen) atoms. The summed E-state index contributed by atoms with van der Waals surface area (Å²) in [5.41, 5.74) is 5.96. The van der Waals surface area contributed by atoms with E-state index in [-0.39, 0.29) is 12.4 Å². The fraction of sp³-hybridized carbons (Fsp3) is 0.368. The van der Waals surface area contributed by atoms with Gasteiger partial charge >= 0.3 is 0 Å². The highest BCUT2D eigenvalue weighted by Gasteiger charge is 2.14. The molecule has 0 bridgehead atoms. The third-order valence-corrected chi connectivity index (χ3v) is 4.41. The second-order valence-electron chi connectivity index (χ2n) is 5.77. The van der Waals surface area contributed by atoms with Crippen LogP contribution in [0.3, 0.4) is 0 Å². The lowest BCUT2D eigenvalue weighted by Gasteiger charge is -2.21. The van der Waals surface area contributed by atoms with E-state index in [0.717, 1.165) is 6.42 Å². The van der Waals surface area contributed by atoms with Crippen LogP contribution in [-0.4, -0.2) is 7.05 Å². The smallest absolute Gasteiger partial charge is 0.0358 e. The molecule has 2 aromatic rings. The molecule has 2 aromatic carbocycles. The molecule has 1 unspecified atom stereocenters. The third-order valence-electron chi connectivity index (χ3n) is 4.41. The van der Waals surface area contributed by atoms with Crippen LogP contribution < -0.4 is 5.32 Å². The topological polar surface area (TPSA) is 12.0 Å². The molecule has 0 spiro atoms. The van der Waals surface area contributed by atoms with E-state index < -0.39 is 0 Å². The number of hydrogen-bond acceptors (Lipinski definition) is 1. The number of likely N-dealkylation sites (N-methyl/N-ethyl adjacent to an activating group) is 1. The summed E-state index contributed by atoms with van der Waals surface area (Å²) >= 11 is 0. The van der Waals surface area contributed by atoms with Gasteiger partial charge < -0.3 is 5.32 Å². The molecule has 0 amide bonds. The predicted octanol–water partition coefficient (Wildman–Crippen LogP) is 4.49. The van der Waals surface area contributed by atoms with Crippen molar-refractivity contribution in [3.63, 3.8) is 0 Å². The number of rotatable bonds is 4. The summed E-state index contributed by atoms with van der Waals surface area (Å²) in [6.07, 6.45) is 6.27. The van der Waals surface area contributed by atoms with Crippen molar-refractivity contribution in [3.05, 3.63) is 70.8 Å². The molecule has 1 N–H and O–H groups in total. The molecule has 0 saturated carbocycles. The van der Waals surface area contributed by atoms with Crippen molar-refractivity contribution < 1.29 is 0 Å². The van der Waals surface area contributed by atoms with Gasteiger partial charge in [0.15, 0.2) is 0 Å². The van der Waals surface area contributed by atoms with Gasteiger partial charge in [-0.1, -0.05) is 48.5 Å². The molecule has 112 valence electrons. The van der Waals surface area contributed by atoms with Gasteiger partial charge in [-0.25, -0.2) is 0 Å². The molecule has 0 heterocycles. The average Bonchev–Trinajstić information content (AvgIpc) is 2.53. The Balaban J connectivity index is 0.00000161. The molecule has 3 rings (SSSR count). The first-order valence-electron chi connectivity index (χ1n) is 7.69. The minimum Gasteiger partial charge on any atom is -0.313 e. The van der Waals surface area contributed by atoms with Crippen LogP contribution >= 0.6 is 12.4 Å². The van der Waals surface area contributed by atoms with E-state index in [0.29, 0.717) is 6.04 Å².